The van der Waals surface area contributed by atoms with Gasteiger partial charge in [0.25, 0.3) is 0 Å². The van der Waals surface area contributed by atoms with Crippen molar-refractivity contribution in [2.45, 2.75) is 19.1 Å². The fourth-order valence-electron chi connectivity index (χ4n) is 1.55. The molecule has 106 valence electrons. The molecule has 0 fully saturated rings. The third kappa shape index (κ3) is 5.17. The maximum Gasteiger partial charge on any atom is 0.416 e. The molecule has 0 aliphatic rings. The Morgan fingerprint density at radius 1 is 1.32 bits per heavy atom. The van der Waals surface area contributed by atoms with Gasteiger partial charge in [-0.3, -0.25) is 0 Å². The number of amidine groups is 1. The predicted octanol–water partition coefficient (Wildman–Crippen LogP) is 2.27. The molecule has 0 bridgehead atoms. The standard InChI is InChI=1S/C12H16F3N3O/c1-18(7-6-11(16)17-19)8-9-2-4-10(5-3-9)12(13,14)15/h2-5,19H,6-8H2,1H3,(H2,16,17). The maximum atomic E-state index is 12.4. The summed E-state index contributed by atoms with van der Waals surface area (Å²) in [5.41, 5.74) is 5.45. The first-order chi connectivity index (χ1) is 8.82. The van der Waals surface area contributed by atoms with Crippen LogP contribution in [0.25, 0.3) is 0 Å². The monoisotopic (exact) mass is 275 g/mol. The van der Waals surface area contributed by atoms with Crippen molar-refractivity contribution in [3.05, 3.63) is 35.4 Å². The number of rotatable bonds is 5. The summed E-state index contributed by atoms with van der Waals surface area (Å²) in [5.74, 6) is 0.124. The Bertz CT molecular complexity index is 429. The van der Waals surface area contributed by atoms with Crippen molar-refractivity contribution >= 4 is 5.84 Å². The molecule has 0 radical (unpaired) electrons. The van der Waals surface area contributed by atoms with E-state index in [4.69, 9.17) is 10.9 Å². The van der Waals surface area contributed by atoms with Crippen LogP contribution in [0.2, 0.25) is 0 Å². The summed E-state index contributed by atoms with van der Waals surface area (Å²) in [5, 5.41) is 11.2. The quantitative estimate of drug-likeness (QED) is 0.375. The molecular formula is C12H16F3N3O. The van der Waals surface area contributed by atoms with E-state index in [-0.39, 0.29) is 5.84 Å². The third-order valence-corrected chi connectivity index (χ3v) is 2.61. The topological polar surface area (TPSA) is 61.8 Å². The van der Waals surface area contributed by atoms with Crippen molar-refractivity contribution in [2.75, 3.05) is 13.6 Å². The Labute approximate surface area is 109 Å². The van der Waals surface area contributed by atoms with E-state index in [0.29, 0.717) is 19.5 Å². The molecule has 0 unspecified atom stereocenters. The van der Waals surface area contributed by atoms with Gasteiger partial charge in [-0.2, -0.15) is 13.2 Å². The molecule has 19 heavy (non-hydrogen) atoms. The van der Waals surface area contributed by atoms with E-state index in [1.807, 2.05) is 11.9 Å². The van der Waals surface area contributed by atoms with E-state index in [1.54, 1.807) is 0 Å². The molecule has 0 saturated carbocycles. The van der Waals surface area contributed by atoms with Gasteiger partial charge >= 0.3 is 6.18 Å². The SMILES string of the molecule is CN(CCC(N)=NO)Cc1ccc(C(F)(F)F)cc1. The third-order valence-electron chi connectivity index (χ3n) is 2.61. The van der Waals surface area contributed by atoms with Crippen molar-refractivity contribution in [2.24, 2.45) is 10.9 Å². The molecule has 0 amide bonds. The molecule has 1 rings (SSSR count). The molecule has 7 heteroatoms. The number of hydrogen-bond acceptors (Lipinski definition) is 3. The second kappa shape index (κ2) is 6.42. The summed E-state index contributed by atoms with van der Waals surface area (Å²) in [6.45, 7) is 1.05. The molecule has 0 saturated heterocycles. The van der Waals surface area contributed by atoms with Gasteiger partial charge in [0.15, 0.2) is 0 Å². The summed E-state index contributed by atoms with van der Waals surface area (Å²) >= 11 is 0. The Kier molecular flexibility index (Phi) is 5.17. The molecule has 0 heterocycles. The van der Waals surface area contributed by atoms with E-state index in [9.17, 15) is 13.2 Å². The first kappa shape index (κ1) is 15.3. The predicted molar refractivity (Wildman–Crippen MR) is 65.8 cm³/mol. The Morgan fingerprint density at radius 2 is 1.89 bits per heavy atom. The second-order valence-corrected chi connectivity index (χ2v) is 4.27. The maximum absolute atomic E-state index is 12.4. The molecule has 0 atom stereocenters. The summed E-state index contributed by atoms with van der Waals surface area (Å²) in [4.78, 5) is 1.88. The van der Waals surface area contributed by atoms with Gasteiger partial charge in [0.1, 0.15) is 5.84 Å². The Morgan fingerprint density at radius 3 is 2.37 bits per heavy atom. The van der Waals surface area contributed by atoms with Crippen LogP contribution in [0.1, 0.15) is 17.5 Å². The van der Waals surface area contributed by atoms with E-state index < -0.39 is 11.7 Å². The minimum atomic E-state index is -4.31. The van der Waals surface area contributed by atoms with Gasteiger partial charge in [0, 0.05) is 19.5 Å². The number of alkyl halides is 3. The van der Waals surface area contributed by atoms with Gasteiger partial charge in [0.05, 0.1) is 5.56 Å². The number of oxime groups is 1. The van der Waals surface area contributed by atoms with Crippen LogP contribution in [0.5, 0.6) is 0 Å². The zero-order valence-corrected chi connectivity index (χ0v) is 10.5. The van der Waals surface area contributed by atoms with Crippen molar-refractivity contribution in [3.8, 4) is 0 Å². The highest BCUT2D eigenvalue weighted by atomic mass is 19.4. The molecular weight excluding hydrogens is 259 g/mol. The van der Waals surface area contributed by atoms with Crippen LogP contribution in [0.15, 0.2) is 29.4 Å². The average Bonchev–Trinajstić information content (AvgIpc) is 2.35. The van der Waals surface area contributed by atoms with E-state index >= 15 is 0 Å². The number of halogens is 3. The number of nitrogens with two attached hydrogens (primary N) is 1. The first-order valence-corrected chi connectivity index (χ1v) is 5.64. The highest BCUT2D eigenvalue weighted by Crippen LogP contribution is 2.29. The van der Waals surface area contributed by atoms with Gasteiger partial charge < -0.3 is 15.8 Å². The average molecular weight is 275 g/mol. The van der Waals surface area contributed by atoms with Crippen molar-refractivity contribution in [1.29, 1.82) is 0 Å². The smallest absolute Gasteiger partial charge is 0.409 e. The highest BCUT2D eigenvalue weighted by molar-refractivity contribution is 5.79. The van der Waals surface area contributed by atoms with E-state index in [0.717, 1.165) is 17.7 Å². The Balaban J connectivity index is 2.53. The molecule has 0 aromatic heterocycles. The van der Waals surface area contributed by atoms with Crippen LogP contribution in [0.4, 0.5) is 13.2 Å². The zero-order chi connectivity index (χ0) is 14.5. The number of nitrogens with zero attached hydrogens (tertiary/aromatic N) is 2. The molecule has 3 N–H and O–H groups in total. The zero-order valence-electron chi connectivity index (χ0n) is 10.5. The van der Waals surface area contributed by atoms with Gasteiger partial charge in [0.2, 0.25) is 0 Å². The van der Waals surface area contributed by atoms with Crippen LogP contribution in [0.3, 0.4) is 0 Å². The lowest BCUT2D eigenvalue weighted by Gasteiger charge is -2.16. The lowest BCUT2D eigenvalue weighted by atomic mass is 10.1. The first-order valence-electron chi connectivity index (χ1n) is 5.64. The summed E-state index contributed by atoms with van der Waals surface area (Å²) in [6.07, 6.45) is -3.91. The molecule has 0 aliphatic carbocycles. The minimum Gasteiger partial charge on any atom is -0.409 e. The van der Waals surface area contributed by atoms with Gasteiger partial charge in [-0.15, -0.1) is 0 Å². The van der Waals surface area contributed by atoms with Crippen molar-refractivity contribution in [3.63, 3.8) is 0 Å². The largest absolute Gasteiger partial charge is 0.416 e. The summed E-state index contributed by atoms with van der Waals surface area (Å²) < 4.78 is 37.1. The number of hydrogen-bond donors (Lipinski definition) is 2. The fraction of sp³-hybridized carbons (Fsp3) is 0.417. The molecule has 0 spiro atoms. The normalized spacial score (nSPS) is 13.0. The molecule has 1 aromatic carbocycles. The Hall–Kier alpha value is -1.76. The van der Waals surface area contributed by atoms with Crippen LogP contribution >= 0.6 is 0 Å². The van der Waals surface area contributed by atoms with Crippen molar-refractivity contribution in [1.82, 2.24) is 4.90 Å². The van der Waals surface area contributed by atoms with Crippen LogP contribution in [0, 0.1) is 0 Å². The van der Waals surface area contributed by atoms with E-state index in [2.05, 4.69) is 5.16 Å². The van der Waals surface area contributed by atoms with Crippen LogP contribution in [-0.4, -0.2) is 29.5 Å². The summed E-state index contributed by atoms with van der Waals surface area (Å²) in [6, 6.07) is 5.02. The summed E-state index contributed by atoms with van der Waals surface area (Å²) in [7, 11) is 1.81. The van der Waals surface area contributed by atoms with Gasteiger partial charge in [-0.05, 0) is 24.7 Å². The lowest BCUT2D eigenvalue weighted by molar-refractivity contribution is -0.137. The fourth-order valence-corrected chi connectivity index (χ4v) is 1.55. The van der Waals surface area contributed by atoms with Gasteiger partial charge in [-0.25, -0.2) is 0 Å². The van der Waals surface area contributed by atoms with E-state index in [1.165, 1.54) is 12.1 Å². The number of benzene rings is 1. The second-order valence-electron chi connectivity index (χ2n) is 4.27. The van der Waals surface area contributed by atoms with Crippen molar-refractivity contribution < 1.29 is 18.4 Å². The highest BCUT2D eigenvalue weighted by Gasteiger charge is 2.29. The lowest BCUT2D eigenvalue weighted by Crippen LogP contribution is -2.24. The minimum absolute atomic E-state index is 0.124. The van der Waals surface area contributed by atoms with Crippen LogP contribution in [-0.2, 0) is 12.7 Å². The molecule has 1 aromatic rings. The molecule has 4 nitrogen and oxygen atoms in total. The molecule has 0 aliphatic heterocycles. The van der Waals surface area contributed by atoms with Crippen LogP contribution < -0.4 is 5.73 Å². The van der Waals surface area contributed by atoms with Gasteiger partial charge in [-0.1, -0.05) is 17.3 Å².